The number of aromatic nitrogens is 1. The first-order valence-corrected chi connectivity index (χ1v) is 11.5. The van der Waals surface area contributed by atoms with E-state index in [0.29, 0.717) is 31.0 Å². The summed E-state index contributed by atoms with van der Waals surface area (Å²) in [5.41, 5.74) is 2.59. The van der Waals surface area contributed by atoms with Crippen molar-refractivity contribution in [1.82, 2.24) is 15.2 Å². The Morgan fingerprint density at radius 1 is 1.06 bits per heavy atom. The molecule has 1 aromatic heterocycles. The third-order valence-electron chi connectivity index (χ3n) is 6.25. The number of pyridine rings is 1. The van der Waals surface area contributed by atoms with Gasteiger partial charge in [0.15, 0.2) is 0 Å². The van der Waals surface area contributed by atoms with Gasteiger partial charge in [-0.3, -0.25) is 9.59 Å². The number of hydrogen-bond acceptors (Lipinski definition) is 4. The van der Waals surface area contributed by atoms with Gasteiger partial charge >= 0.3 is 0 Å². The minimum absolute atomic E-state index is 0.0258. The lowest BCUT2D eigenvalue weighted by atomic mass is 9.96. The molecule has 0 bridgehead atoms. The summed E-state index contributed by atoms with van der Waals surface area (Å²) in [7, 11) is 0. The van der Waals surface area contributed by atoms with E-state index in [-0.39, 0.29) is 17.7 Å². The fourth-order valence-electron chi connectivity index (χ4n) is 4.39. The zero-order valence-electron chi connectivity index (χ0n) is 17.7. The molecule has 1 fully saturated rings. The van der Waals surface area contributed by atoms with Gasteiger partial charge in [-0.25, -0.2) is 4.98 Å². The van der Waals surface area contributed by atoms with E-state index in [4.69, 9.17) is 11.6 Å². The maximum absolute atomic E-state index is 12.5. The van der Waals surface area contributed by atoms with Crippen LogP contribution >= 0.6 is 11.6 Å². The second kappa shape index (κ2) is 10.1. The summed E-state index contributed by atoms with van der Waals surface area (Å²) in [5.74, 6) is 1.20. The molecule has 1 N–H and O–H groups in total. The molecule has 2 amide bonds. The average molecular weight is 441 g/mol. The van der Waals surface area contributed by atoms with Crippen LogP contribution in [0.3, 0.4) is 0 Å². The van der Waals surface area contributed by atoms with Crippen LogP contribution in [0.1, 0.15) is 36.8 Å². The van der Waals surface area contributed by atoms with Gasteiger partial charge in [-0.1, -0.05) is 35.9 Å². The molecule has 2 aliphatic heterocycles. The Bertz CT molecular complexity index is 910. The van der Waals surface area contributed by atoms with Crippen molar-refractivity contribution in [2.45, 2.75) is 38.6 Å². The van der Waals surface area contributed by atoms with Gasteiger partial charge in [0.1, 0.15) is 5.82 Å². The first-order chi connectivity index (χ1) is 15.1. The lowest BCUT2D eigenvalue weighted by molar-refractivity contribution is -0.132. The molecule has 1 saturated heterocycles. The van der Waals surface area contributed by atoms with Crippen molar-refractivity contribution in [3.05, 3.63) is 58.7 Å². The molecule has 0 unspecified atom stereocenters. The van der Waals surface area contributed by atoms with Crippen LogP contribution in [0.4, 0.5) is 5.82 Å². The number of nitrogens with one attached hydrogen (secondary N) is 1. The first kappa shape index (κ1) is 21.6. The summed E-state index contributed by atoms with van der Waals surface area (Å²) in [6, 6.07) is 12.1. The predicted octanol–water partition coefficient (Wildman–Crippen LogP) is 3.43. The summed E-state index contributed by atoms with van der Waals surface area (Å²) < 4.78 is 0. The Morgan fingerprint density at radius 3 is 2.58 bits per heavy atom. The number of fused-ring (bicyclic) bond motifs is 1. The number of piperidine rings is 1. The number of halogens is 1. The second-order valence-corrected chi connectivity index (χ2v) is 8.76. The Kier molecular flexibility index (Phi) is 7.07. The van der Waals surface area contributed by atoms with Crippen molar-refractivity contribution in [2.75, 3.05) is 31.1 Å². The molecule has 0 spiro atoms. The molecule has 1 aromatic carbocycles. The lowest BCUT2D eigenvalue weighted by Gasteiger charge is -2.32. The summed E-state index contributed by atoms with van der Waals surface area (Å²) in [6.07, 6.45) is 5.34. The normalized spacial score (nSPS) is 16.7. The molecule has 0 aliphatic carbocycles. The van der Waals surface area contributed by atoms with E-state index in [1.165, 1.54) is 11.1 Å². The number of rotatable bonds is 6. The molecule has 0 atom stereocenters. The molecule has 2 aromatic rings. The number of benzene rings is 1. The number of hydrogen-bond donors (Lipinski definition) is 1. The SMILES string of the molecule is O=C(NCCCC(=O)N1CCc2ccccc2C1)C1CCN(c2ccc(Cl)cn2)CC1. The van der Waals surface area contributed by atoms with Crippen LogP contribution in [0.5, 0.6) is 0 Å². The summed E-state index contributed by atoms with van der Waals surface area (Å²) in [6.45, 7) is 3.64. The third-order valence-corrected chi connectivity index (χ3v) is 6.48. The molecule has 0 radical (unpaired) electrons. The Morgan fingerprint density at radius 2 is 1.84 bits per heavy atom. The maximum atomic E-state index is 12.5. The molecule has 3 heterocycles. The standard InChI is InChI=1S/C24H29ClN4O2/c25-21-7-8-22(27-16-21)28-13-10-19(11-14-28)24(31)26-12-3-6-23(30)29-15-9-18-4-1-2-5-20(18)17-29/h1-2,4-5,7-8,16,19H,3,6,9-15,17H2,(H,26,31). The van der Waals surface area contributed by atoms with Gasteiger partial charge in [-0.05, 0) is 48.9 Å². The van der Waals surface area contributed by atoms with Gasteiger partial charge in [0.2, 0.25) is 11.8 Å². The van der Waals surface area contributed by atoms with Crippen LogP contribution in [0.15, 0.2) is 42.6 Å². The second-order valence-electron chi connectivity index (χ2n) is 8.32. The van der Waals surface area contributed by atoms with Crippen molar-refractivity contribution in [3.8, 4) is 0 Å². The molecule has 31 heavy (non-hydrogen) atoms. The van der Waals surface area contributed by atoms with Gasteiger partial charge < -0.3 is 15.1 Å². The fraction of sp³-hybridized carbons (Fsp3) is 0.458. The highest BCUT2D eigenvalue weighted by Crippen LogP contribution is 2.23. The number of nitrogens with zero attached hydrogens (tertiary/aromatic N) is 3. The molecular formula is C24H29ClN4O2. The van der Waals surface area contributed by atoms with E-state index in [2.05, 4.69) is 33.4 Å². The zero-order chi connectivity index (χ0) is 21.6. The van der Waals surface area contributed by atoms with Crippen LogP contribution in [0, 0.1) is 5.92 Å². The van der Waals surface area contributed by atoms with Gasteiger partial charge in [-0.2, -0.15) is 0 Å². The van der Waals surface area contributed by atoms with Crippen LogP contribution in [0.25, 0.3) is 0 Å². The van der Waals surface area contributed by atoms with Crippen molar-refractivity contribution in [2.24, 2.45) is 5.92 Å². The highest BCUT2D eigenvalue weighted by molar-refractivity contribution is 6.30. The van der Waals surface area contributed by atoms with Gasteiger partial charge in [0, 0.05) is 51.3 Å². The zero-order valence-corrected chi connectivity index (χ0v) is 18.5. The lowest BCUT2D eigenvalue weighted by Crippen LogP contribution is -2.41. The predicted molar refractivity (Wildman–Crippen MR) is 122 cm³/mol. The van der Waals surface area contributed by atoms with E-state index in [0.717, 1.165) is 44.7 Å². The molecule has 7 heteroatoms. The summed E-state index contributed by atoms with van der Waals surface area (Å²) in [4.78, 5) is 33.5. The Hall–Kier alpha value is -2.60. The number of anilines is 1. The Labute approximate surface area is 188 Å². The molecule has 2 aliphatic rings. The highest BCUT2D eigenvalue weighted by Gasteiger charge is 2.25. The van der Waals surface area contributed by atoms with Crippen molar-refractivity contribution < 1.29 is 9.59 Å². The average Bonchev–Trinajstić information content (AvgIpc) is 2.82. The minimum atomic E-state index is 0.0258. The number of carbonyl (C=O) groups excluding carboxylic acids is 2. The van der Waals surface area contributed by atoms with Crippen LogP contribution in [0.2, 0.25) is 5.02 Å². The van der Waals surface area contributed by atoms with E-state index in [1.807, 2.05) is 23.1 Å². The Balaban J connectivity index is 1.14. The summed E-state index contributed by atoms with van der Waals surface area (Å²) in [5, 5.41) is 3.65. The van der Waals surface area contributed by atoms with Crippen molar-refractivity contribution >= 4 is 29.2 Å². The highest BCUT2D eigenvalue weighted by atomic mass is 35.5. The van der Waals surface area contributed by atoms with E-state index >= 15 is 0 Å². The maximum Gasteiger partial charge on any atom is 0.223 e. The van der Waals surface area contributed by atoms with Gasteiger partial charge in [-0.15, -0.1) is 0 Å². The number of amides is 2. The van der Waals surface area contributed by atoms with Gasteiger partial charge in [0.05, 0.1) is 5.02 Å². The van der Waals surface area contributed by atoms with Crippen molar-refractivity contribution in [1.29, 1.82) is 0 Å². The number of carbonyl (C=O) groups is 2. The third kappa shape index (κ3) is 5.56. The molecule has 164 valence electrons. The van der Waals surface area contributed by atoms with Crippen LogP contribution in [-0.4, -0.2) is 47.9 Å². The fourth-order valence-corrected chi connectivity index (χ4v) is 4.50. The molecule has 0 saturated carbocycles. The summed E-state index contributed by atoms with van der Waals surface area (Å²) >= 11 is 5.90. The molecule has 4 rings (SSSR count). The quantitative estimate of drug-likeness (QED) is 0.699. The van der Waals surface area contributed by atoms with Gasteiger partial charge in [0.25, 0.3) is 0 Å². The minimum Gasteiger partial charge on any atom is -0.357 e. The van der Waals surface area contributed by atoms with E-state index < -0.39 is 0 Å². The molecular weight excluding hydrogens is 412 g/mol. The smallest absolute Gasteiger partial charge is 0.223 e. The topological polar surface area (TPSA) is 65.5 Å². The van der Waals surface area contributed by atoms with E-state index in [1.54, 1.807) is 6.20 Å². The molecule has 6 nitrogen and oxygen atoms in total. The first-order valence-electron chi connectivity index (χ1n) is 11.1. The monoisotopic (exact) mass is 440 g/mol. The van der Waals surface area contributed by atoms with Crippen molar-refractivity contribution in [3.63, 3.8) is 0 Å². The van der Waals surface area contributed by atoms with E-state index in [9.17, 15) is 9.59 Å². The van der Waals surface area contributed by atoms with Crippen LogP contribution in [-0.2, 0) is 22.6 Å². The largest absolute Gasteiger partial charge is 0.357 e. The van der Waals surface area contributed by atoms with Crippen LogP contribution < -0.4 is 10.2 Å².